The van der Waals surface area contributed by atoms with Gasteiger partial charge >= 0.3 is 0 Å². The van der Waals surface area contributed by atoms with Gasteiger partial charge in [-0.1, -0.05) is 96.4 Å². The summed E-state index contributed by atoms with van der Waals surface area (Å²) in [4.78, 5) is 14.3. The summed E-state index contributed by atoms with van der Waals surface area (Å²) < 4.78 is 54.4. The number of halogens is 2. The number of nitrogens with zero attached hydrogens (tertiary/aromatic N) is 6. The zero-order valence-corrected chi connectivity index (χ0v) is 36.2. The predicted molar refractivity (Wildman–Crippen MR) is 234 cm³/mol. The average Bonchev–Trinajstić information content (AvgIpc) is 3.93. The normalized spacial score (nSPS) is 15.6. The molecule has 0 bridgehead atoms. The minimum atomic E-state index is -3.53. The lowest BCUT2D eigenvalue weighted by molar-refractivity contribution is 0.384. The van der Waals surface area contributed by atoms with Crippen LogP contribution in [0.4, 0.5) is 10.3 Å². The zero-order chi connectivity index (χ0) is 40.2. The highest BCUT2D eigenvalue weighted by atomic mass is 35.5. The molecular weight excluding hydrogens is 840 g/mol. The Morgan fingerprint density at radius 2 is 0.982 bits per heavy atom. The number of hydrogen-bond donors (Lipinski definition) is 0. The number of hydrogen-bond acceptors (Lipinski definition) is 10. The molecule has 0 radical (unpaired) electrons. The molecule has 0 aliphatic carbocycles. The fourth-order valence-electron chi connectivity index (χ4n) is 6.51. The lowest BCUT2D eigenvalue weighted by Crippen LogP contribution is -2.48. The lowest BCUT2D eigenvalue weighted by Gasteiger charge is -2.33. The Labute approximate surface area is 353 Å². The van der Waals surface area contributed by atoms with Gasteiger partial charge in [-0.25, -0.2) is 26.8 Å². The van der Waals surface area contributed by atoms with Crippen LogP contribution in [-0.4, -0.2) is 87.8 Å². The molecule has 8 rings (SSSR count). The SMILES string of the molecule is CCc1ccc(-c2csc(N3CCN(S(=O)(=O)c4cccc(Cl)c4)CC3)n2)cc1.Cc1ccc(-c2csc(N3CCN(S(=O)(=O)c4cccc(Cl)c4)CC3)n2)cc1. The maximum atomic E-state index is 12.9. The first kappa shape index (κ1) is 41.3. The summed E-state index contributed by atoms with van der Waals surface area (Å²) in [6, 6.07) is 29.6. The molecule has 4 aromatic carbocycles. The number of piperazine rings is 2. The summed E-state index contributed by atoms with van der Waals surface area (Å²) >= 11 is 15.1. The van der Waals surface area contributed by atoms with Crippen LogP contribution in [0, 0.1) is 6.92 Å². The van der Waals surface area contributed by atoms with Crippen molar-refractivity contribution < 1.29 is 16.8 Å². The van der Waals surface area contributed by atoms with E-state index in [0.29, 0.717) is 62.4 Å². The van der Waals surface area contributed by atoms with Crippen molar-refractivity contribution in [3.05, 3.63) is 129 Å². The number of benzene rings is 4. The summed E-state index contributed by atoms with van der Waals surface area (Å²) in [7, 11) is -7.06. The Kier molecular flexibility index (Phi) is 13.0. The number of anilines is 2. The van der Waals surface area contributed by atoms with Crippen molar-refractivity contribution in [1.82, 2.24) is 18.6 Å². The van der Waals surface area contributed by atoms with Crippen LogP contribution in [-0.2, 0) is 26.5 Å². The summed E-state index contributed by atoms with van der Waals surface area (Å²) in [5.74, 6) is 0. The van der Waals surface area contributed by atoms with E-state index in [1.165, 1.54) is 31.9 Å². The largest absolute Gasteiger partial charge is 0.345 e. The van der Waals surface area contributed by atoms with E-state index in [0.717, 1.165) is 39.2 Å². The van der Waals surface area contributed by atoms with Gasteiger partial charge in [0, 0.05) is 84.3 Å². The van der Waals surface area contributed by atoms with Gasteiger partial charge in [-0.3, -0.25) is 0 Å². The third kappa shape index (κ3) is 9.72. The minimum Gasteiger partial charge on any atom is -0.345 e. The first-order valence-electron chi connectivity index (χ1n) is 18.5. The van der Waals surface area contributed by atoms with Crippen LogP contribution in [0.25, 0.3) is 22.5 Å². The van der Waals surface area contributed by atoms with E-state index in [1.54, 1.807) is 59.1 Å². The van der Waals surface area contributed by atoms with E-state index in [9.17, 15) is 16.8 Å². The van der Waals surface area contributed by atoms with Crippen molar-refractivity contribution in [3.63, 3.8) is 0 Å². The van der Waals surface area contributed by atoms with Crippen molar-refractivity contribution in [1.29, 1.82) is 0 Å². The van der Waals surface area contributed by atoms with Gasteiger partial charge in [0.2, 0.25) is 20.0 Å². The monoisotopic (exact) mass is 880 g/mol. The Balaban J connectivity index is 0.000000174. The van der Waals surface area contributed by atoms with Crippen LogP contribution in [0.5, 0.6) is 0 Å². The molecule has 4 heterocycles. The van der Waals surface area contributed by atoms with E-state index in [2.05, 4.69) is 82.9 Å². The molecule has 2 saturated heterocycles. The van der Waals surface area contributed by atoms with Gasteiger partial charge < -0.3 is 9.80 Å². The quantitative estimate of drug-likeness (QED) is 0.142. The summed E-state index contributed by atoms with van der Waals surface area (Å²) in [6.45, 7) is 8.35. The molecule has 2 aromatic heterocycles. The van der Waals surface area contributed by atoms with Crippen molar-refractivity contribution >= 4 is 76.2 Å². The lowest BCUT2D eigenvalue weighted by atomic mass is 10.1. The second-order valence-corrected chi connectivity index (χ2v) is 20.1. The van der Waals surface area contributed by atoms with Gasteiger partial charge in [0.05, 0.1) is 21.2 Å². The van der Waals surface area contributed by atoms with Gasteiger partial charge in [0.15, 0.2) is 10.3 Å². The Bertz CT molecular complexity index is 2510. The molecule has 16 heteroatoms. The minimum absolute atomic E-state index is 0.240. The van der Waals surface area contributed by atoms with E-state index in [1.807, 2.05) is 0 Å². The molecule has 0 N–H and O–H groups in total. The number of thiazole rings is 2. The molecule has 6 aromatic rings. The van der Waals surface area contributed by atoms with Crippen molar-refractivity contribution in [3.8, 4) is 22.5 Å². The van der Waals surface area contributed by atoms with Crippen molar-refractivity contribution in [2.45, 2.75) is 30.1 Å². The van der Waals surface area contributed by atoms with Gasteiger partial charge in [-0.2, -0.15) is 8.61 Å². The van der Waals surface area contributed by atoms with Crippen molar-refractivity contribution in [2.24, 2.45) is 0 Å². The van der Waals surface area contributed by atoms with Crippen LogP contribution in [0.15, 0.2) is 118 Å². The van der Waals surface area contributed by atoms with Crippen molar-refractivity contribution in [2.75, 3.05) is 62.2 Å². The molecule has 2 aliphatic rings. The highest BCUT2D eigenvalue weighted by Crippen LogP contribution is 2.31. The van der Waals surface area contributed by atoms with E-state index < -0.39 is 20.0 Å². The van der Waals surface area contributed by atoms with Gasteiger partial charge in [-0.05, 0) is 55.3 Å². The molecule has 10 nitrogen and oxygen atoms in total. The summed E-state index contributed by atoms with van der Waals surface area (Å²) in [5.41, 5.74) is 6.63. The van der Waals surface area contributed by atoms with E-state index in [-0.39, 0.29) is 9.79 Å². The topological polar surface area (TPSA) is 107 Å². The number of aryl methyl sites for hydroxylation is 2. The molecule has 298 valence electrons. The summed E-state index contributed by atoms with van der Waals surface area (Å²) in [5, 5.41) is 6.81. The average molecular weight is 882 g/mol. The standard InChI is InChI=1S/C21H22ClN3O2S2.C20H20ClN3O2S2/c1-2-16-6-8-17(9-7-16)20-15-28-21(23-20)24-10-12-25(13-11-24)29(26,27)19-5-3-4-18(22)14-19;1-15-5-7-16(8-6-15)19-14-27-20(22-19)23-9-11-24(12-10-23)28(25,26)18-4-2-3-17(21)13-18/h3-9,14-15H,2,10-13H2,1H3;2-8,13-14H,9-12H2,1H3. The number of aromatic nitrogens is 2. The highest BCUT2D eigenvalue weighted by molar-refractivity contribution is 7.89. The fraction of sp³-hybridized carbons (Fsp3) is 0.268. The van der Waals surface area contributed by atoms with Crippen LogP contribution in [0.1, 0.15) is 18.1 Å². The highest BCUT2D eigenvalue weighted by Gasteiger charge is 2.31. The Morgan fingerprint density at radius 3 is 1.37 bits per heavy atom. The Morgan fingerprint density at radius 1 is 0.579 bits per heavy atom. The van der Waals surface area contributed by atoms with Gasteiger partial charge in [0.1, 0.15) is 0 Å². The van der Waals surface area contributed by atoms with Crippen LogP contribution in [0.3, 0.4) is 0 Å². The number of rotatable bonds is 9. The van der Waals surface area contributed by atoms with Gasteiger partial charge in [0.25, 0.3) is 0 Å². The molecule has 0 saturated carbocycles. The third-order valence-electron chi connectivity index (χ3n) is 9.88. The molecule has 0 unspecified atom stereocenters. The van der Waals surface area contributed by atoms with Gasteiger partial charge in [-0.15, -0.1) is 22.7 Å². The first-order valence-corrected chi connectivity index (χ1v) is 23.9. The molecule has 57 heavy (non-hydrogen) atoms. The maximum absolute atomic E-state index is 12.9. The summed E-state index contributed by atoms with van der Waals surface area (Å²) in [6.07, 6.45) is 1.02. The molecule has 0 atom stereocenters. The fourth-order valence-corrected chi connectivity index (χ4v) is 11.7. The van der Waals surface area contributed by atoms with Crippen LogP contribution < -0.4 is 9.80 Å². The maximum Gasteiger partial charge on any atom is 0.243 e. The third-order valence-corrected chi connectivity index (χ3v) is 15.9. The number of sulfonamides is 2. The zero-order valence-electron chi connectivity index (χ0n) is 31.5. The van der Waals surface area contributed by atoms with E-state index in [4.69, 9.17) is 33.2 Å². The molecule has 2 aliphatic heterocycles. The smallest absolute Gasteiger partial charge is 0.243 e. The second-order valence-electron chi connectivity index (χ2n) is 13.6. The molecular formula is C41H42Cl2N6O4S4. The second kappa shape index (κ2) is 18.0. The van der Waals surface area contributed by atoms with Crippen LogP contribution >= 0.6 is 45.9 Å². The van der Waals surface area contributed by atoms with Crippen LogP contribution in [0.2, 0.25) is 10.0 Å². The molecule has 0 spiro atoms. The first-order chi connectivity index (χ1) is 27.4. The molecule has 0 amide bonds. The van der Waals surface area contributed by atoms with E-state index >= 15 is 0 Å². The molecule has 2 fully saturated rings. The Hall–Kier alpha value is -3.86. The predicted octanol–water partition coefficient (Wildman–Crippen LogP) is 8.82.